The maximum atomic E-state index is 14.6. The van der Waals surface area contributed by atoms with Gasteiger partial charge in [-0.3, -0.25) is 0 Å². The van der Waals surface area contributed by atoms with Crippen LogP contribution in [0.5, 0.6) is 5.75 Å². The van der Waals surface area contributed by atoms with E-state index in [9.17, 15) is 8.78 Å². The summed E-state index contributed by atoms with van der Waals surface area (Å²) >= 11 is 0. The van der Waals surface area contributed by atoms with Crippen molar-refractivity contribution in [1.82, 2.24) is 0 Å². The summed E-state index contributed by atoms with van der Waals surface area (Å²) in [5.41, 5.74) is 1.24. The molecule has 3 aliphatic rings. The van der Waals surface area contributed by atoms with Gasteiger partial charge in [0.25, 0.3) is 0 Å². The van der Waals surface area contributed by atoms with Crippen LogP contribution in [0.2, 0.25) is 0 Å². The lowest BCUT2D eigenvalue weighted by molar-refractivity contribution is 0.00924. The average Bonchev–Trinajstić information content (AvgIpc) is 2.92. The quantitative estimate of drug-likeness (QED) is 0.298. The molecule has 3 aliphatic carbocycles. The Morgan fingerprint density at radius 2 is 1.61 bits per heavy atom. The summed E-state index contributed by atoms with van der Waals surface area (Å²) in [5, 5.41) is 0. The molecule has 0 N–H and O–H groups in total. The van der Waals surface area contributed by atoms with Crippen LogP contribution in [0.4, 0.5) is 8.78 Å². The van der Waals surface area contributed by atoms with Gasteiger partial charge in [0.2, 0.25) is 5.82 Å². The highest BCUT2D eigenvalue weighted by molar-refractivity contribution is 5.67. The second kappa shape index (κ2) is 13.7. The van der Waals surface area contributed by atoms with Gasteiger partial charge in [-0.15, -0.1) is 0 Å². The number of ether oxygens (including phenoxy) is 2. The molecule has 0 spiro atoms. The highest BCUT2D eigenvalue weighted by atomic mass is 19.2. The maximum Gasteiger partial charge on any atom is 0.201 e. The van der Waals surface area contributed by atoms with Crippen molar-refractivity contribution >= 4 is 5.57 Å². The van der Waals surface area contributed by atoms with Gasteiger partial charge >= 0.3 is 0 Å². The minimum Gasteiger partial charge on any atom is -0.491 e. The van der Waals surface area contributed by atoms with Crippen molar-refractivity contribution in [3.05, 3.63) is 47.6 Å². The Labute approximate surface area is 217 Å². The zero-order valence-electron chi connectivity index (χ0n) is 22.5. The molecule has 0 bridgehead atoms. The van der Waals surface area contributed by atoms with Gasteiger partial charge in [0, 0.05) is 12.2 Å². The van der Waals surface area contributed by atoms with Crippen LogP contribution in [0, 0.1) is 35.3 Å². The Morgan fingerprint density at radius 3 is 2.25 bits per heavy atom. The molecule has 0 saturated heterocycles. The first-order valence-electron chi connectivity index (χ1n) is 14.7. The Hall–Kier alpha value is -1.68. The van der Waals surface area contributed by atoms with Crippen LogP contribution in [0.1, 0.15) is 103 Å². The molecule has 0 heterocycles. The standard InChI is InChI=1S/C32H46F2O2/c1-3-5-6-7-23-8-12-25(13-9-23)26-14-10-24(11-15-26)22-36-28-18-16-27(17-19-28)29-20-21-30(35-4-2)32(34)31(29)33/h6-7,16,20-21,23-26,28H,3-5,8-15,17-19,22H2,1-2H3. The smallest absolute Gasteiger partial charge is 0.201 e. The van der Waals surface area contributed by atoms with Gasteiger partial charge in [0.15, 0.2) is 11.6 Å². The fourth-order valence-corrected chi connectivity index (χ4v) is 6.62. The SMILES string of the molecule is CCCC=CC1CCC(C2CCC(COC3CC=C(c4ccc(OCC)c(F)c4F)CC3)CC2)CC1. The zero-order valence-corrected chi connectivity index (χ0v) is 22.5. The highest BCUT2D eigenvalue weighted by Gasteiger charge is 2.31. The molecule has 0 amide bonds. The lowest BCUT2D eigenvalue weighted by Crippen LogP contribution is -2.28. The second-order valence-corrected chi connectivity index (χ2v) is 11.3. The summed E-state index contributed by atoms with van der Waals surface area (Å²) in [6.07, 6.45) is 22.9. The molecule has 0 aromatic heterocycles. The van der Waals surface area contributed by atoms with E-state index >= 15 is 0 Å². The van der Waals surface area contributed by atoms with E-state index in [0.29, 0.717) is 18.1 Å². The van der Waals surface area contributed by atoms with Gasteiger partial charge in [-0.1, -0.05) is 31.6 Å². The third-order valence-corrected chi connectivity index (χ3v) is 8.86. The lowest BCUT2D eigenvalue weighted by atomic mass is 9.69. The Morgan fingerprint density at radius 1 is 0.889 bits per heavy atom. The van der Waals surface area contributed by atoms with Crippen LogP contribution < -0.4 is 4.74 Å². The molecule has 1 aromatic rings. The first-order chi connectivity index (χ1) is 17.6. The number of hydrogen-bond acceptors (Lipinski definition) is 2. The molecular weight excluding hydrogens is 454 g/mol. The van der Waals surface area contributed by atoms with E-state index in [1.807, 2.05) is 6.08 Å². The molecule has 1 aromatic carbocycles. The molecule has 0 aliphatic heterocycles. The minimum atomic E-state index is -0.888. The van der Waals surface area contributed by atoms with E-state index in [0.717, 1.165) is 49.2 Å². The second-order valence-electron chi connectivity index (χ2n) is 11.3. The summed E-state index contributed by atoms with van der Waals surface area (Å²) in [7, 11) is 0. The van der Waals surface area contributed by atoms with Gasteiger partial charge in [0.05, 0.1) is 12.7 Å². The fourth-order valence-electron chi connectivity index (χ4n) is 6.62. The maximum absolute atomic E-state index is 14.6. The summed E-state index contributed by atoms with van der Waals surface area (Å²) in [5.74, 6) is 1.66. The molecule has 2 saturated carbocycles. The number of rotatable bonds is 10. The van der Waals surface area contributed by atoms with Crippen molar-refractivity contribution in [3.8, 4) is 5.75 Å². The van der Waals surface area contributed by atoms with E-state index in [4.69, 9.17) is 9.47 Å². The largest absolute Gasteiger partial charge is 0.491 e. The monoisotopic (exact) mass is 500 g/mol. The fraction of sp³-hybridized carbons (Fsp3) is 0.688. The van der Waals surface area contributed by atoms with Crippen molar-refractivity contribution in [2.75, 3.05) is 13.2 Å². The lowest BCUT2D eigenvalue weighted by Gasteiger charge is -2.37. The third-order valence-electron chi connectivity index (χ3n) is 8.86. The molecule has 200 valence electrons. The van der Waals surface area contributed by atoms with E-state index in [1.54, 1.807) is 13.0 Å². The summed E-state index contributed by atoms with van der Waals surface area (Å²) in [4.78, 5) is 0. The molecule has 2 nitrogen and oxygen atoms in total. The molecule has 2 fully saturated rings. The number of allylic oxidation sites excluding steroid dienone is 3. The summed E-state index contributed by atoms with van der Waals surface area (Å²) in [6, 6.07) is 3.18. The van der Waals surface area contributed by atoms with Crippen LogP contribution in [0.15, 0.2) is 30.4 Å². The van der Waals surface area contributed by atoms with E-state index in [1.165, 1.54) is 70.3 Å². The van der Waals surface area contributed by atoms with Gasteiger partial charge in [0.1, 0.15) is 0 Å². The molecule has 1 unspecified atom stereocenters. The van der Waals surface area contributed by atoms with E-state index in [2.05, 4.69) is 19.1 Å². The number of unbranched alkanes of at least 4 members (excludes halogenated alkanes) is 1. The minimum absolute atomic E-state index is 0.0154. The Balaban J connectivity index is 1.16. The van der Waals surface area contributed by atoms with Gasteiger partial charge in [-0.25, -0.2) is 4.39 Å². The van der Waals surface area contributed by atoms with Crippen molar-refractivity contribution in [3.63, 3.8) is 0 Å². The predicted molar refractivity (Wildman–Crippen MR) is 144 cm³/mol. The summed E-state index contributed by atoms with van der Waals surface area (Å²) in [6.45, 7) is 5.18. The van der Waals surface area contributed by atoms with Crippen LogP contribution >= 0.6 is 0 Å². The first kappa shape index (κ1) is 27.4. The number of benzene rings is 1. The van der Waals surface area contributed by atoms with Gasteiger partial charge < -0.3 is 9.47 Å². The average molecular weight is 501 g/mol. The molecular formula is C32H46F2O2. The molecule has 4 heteroatoms. The Bertz CT molecular complexity index is 876. The predicted octanol–water partition coefficient (Wildman–Crippen LogP) is 9.29. The van der Waals surface area contributed by atoms with Crippen molar-refractivity contribution in [2.24, 2.45) is 23.7 Å². The van der Waals surface area contributed by atoms with Crippen molar-refractivity contribution in [1.29, 1.82) is 0 Å². The number of halogens is 2. The molecule has 0 radical (unpaired) electrons. The van der Waals surface area contributed by atoms with Crippen LogP contribution in [-0.4, -0.2) is 19.3 Å². The zero-order chi connectivity index (χ0) is 25.3. The first-order valence-corrected chi connectivity index (χ1v) is 14.7. The molecule has 36 heavy (non-hydrogen) atoms. The topological polar surface area (TPSA) is 18.5 Å². The molecule has 4 rings (SSSR count). The highest BCUT2D eigenvalue weighted by Crippen LogP contribution is 2.42. The number of hydrogen-bond donors (Lipinski definition) is 0. The van der Waals surface area contributed by atoms with Gasteiger partial charge in [-0.05, 0) is 125 Å². The van der Waals surface area contributed by atoms with E-state index in [-0.39, 0.29) is 11.9 Å². The van der Waals surface area contributed by atoms with Crippen molar-refractivity contribution < 1.29 is 18.3 Å². The summed E-state index contributed by atoms with van der Waals surface area (Å²) < 4.78 is 40.3. The normalized spacial score (nSPS) is 29.3. The third kappa shape index (κ3) is 7.21. The Kier molecular flexibility index (Phi) is 10.4. The van der Waals surface area contributed by atoms with Crippen LogP contribution in [0.3, 0.4) is 0 Å². The van der Waals surface area contributed by atoms with Crippen LogP contribution in [0.25, 0.3) is 5.57 Å². The van der Waals surface area contributed by atoms with Crippen molar-refractivity contribution in [2.45, 2.75) is 103 Å². The van der Waals surface area contributed by atoms with Crippen LogP contribution in [-0.2, 0) is 4.74 Å². The van der Waals surface area contributed by atoms with Gasteiger partial charge in [-0.2, -0.15) is 4.39 Å². The van der Waals surface area contributed by atoms with E-state index < -0.39 is 11.6 Å². The molecule has 1 atom stereocenters.